The van der Waals surface area contributed by atoms with Crippen molar-refractivity contribution in [2.45, 2.75) is 19.4 Å². The van der Waals surface area contributed by atoms with Crippen molar-refractivity contribution in [3.05, 3.63) is 42.1 Å². The molecule has 1 fully saturated rings. The number of nitrogens with zero attached hydrogens (tertiary/aromatic N) is 2. The summed E-state index contributed by atoms with van der Waals surface area (Å²) >= 11 is 0. The Bertz CT molecular complexity index is 659. The highest BCUT2D eigenvalue weighted by Gasteiger charge is 2.31. The topological polar surface area (TPSA) is 82.9 Å². The molecule has 25 heavy (non-hydrogen) atoms. The zero-order valence-corrected chi connectivity index (χ0v) is 14.5. The van der Waals surface area contributed by atoms with Crippen molar-refractivity contribution < 1.29 is 19.7 Å². The highest BCUT2D eigenvalue weighted by Crippen LogP contribution is 2.25. The van der Waals surface area contributed by atoms with E-state index in [4.69, 9.17) is 14.6 Å². The fourth-order valence-electron chi connectivity index (χ4n) is 3.28. The predicted octanol–water partition coefficient (Wildman–Crippen LogP) is 1.81. The van der Waals surface area contributed by atoms with Crippen LogP contribution in [0, 0.1) is 5.92 Å². The van der Waals surface area contributed by atoms with Gasteiger partial charge in [0.1, 0.15) is 0 Å². The van der Waals surface area contributed by atoms with E-state index in [1.54, 1.807) is 0 Å². The van der Waals surface area contributed by atoms with E-state index >= 15 is 0 Å². The zero-order valence-electron chi connectivity index (χ0n) is 14.5. The van der Waals surface area contributed by atoms with Gasteiger partial charge in [0.25, 0.3) is 6.47 Å². The van der Waals surface area contributed by atoms with E-state index in [0.29, 0.717) is 0 Å². The molecule has 6 nitrogen and oxygen atoms in total. The summed E-state index contributed by atoms with van der Waals surface area (Å²) in [4.78, 5) is 15.1. The summed E-state index contributed by atoms with van der Waals surface area (Å²) in [5.74, 6) is 0.285. The molecule has 0 radical (unpaired) electrons. The molecule has 3 rings (SSSR count). The molecule has 2 heterocycles. The van der Waals surface area contributed by atoms with Gasteiger partial charge in [-0.2, -0.15) is 0 Å². The quantitative estimate of drug-likeness (QED) is 0.613. The summed E-state index contributed by atoms with van der Waals surface area (Å²) in [6, 6.07) is 10.3. The first kappa shape index (κ1) is 19.3. The molecule has 0 aliphatic carbocycles. The number of ether oxygens (including phenoxy) is 1. The highest BCUT2D eigenvalue weighted by atomic mass is 16.5. The van der Waals surface area contributed by atoms with Crippen LogP contribution in [0.2, 0.25) is 0 Å². The van der Waals surface area contributed by atoms with E-state index < -0.39 is 0 Å². The molecule has 0 unspecified atom stereocenters. The van der Waals surface area contributed by atoms with E-state index in [9.17, 15) is 5.11 Å². The number of aliphatic hydroxyl groups is 1. The van der Waals surface area contributed by atoms with Crippen molar-refractivity contribution in [1.29, 1.82) is 0 Å². The smallest absolute Gasteiger partial charge is 0.290 e. The van der Waals surface area contributed by atoms with Crippen LogP contribution >= 0.6 is 0 Å². The van der Waals surface area contributed by atoms with Crippen molar-refractivity contribution in [2.24, 2.45) is 5.92 Å². The second-order valence-electron chi connectivity index (χ2n) is 6.08. The number of β-amino-alcohol motifs (C(OH)–C–C–N with tert-alkyl or cyclic N) is 1. The van der Waals surface area contributed by atoms with E-state index in [1.807, 2.05) is 31.3 Å². The molecule has 0 spiro atoms. The van der Waals surface area contributed by atoms with E-state index in [1.165, 1.54) is 10.9 Å². The van der Waals surface area contributed by atoms with Gasteiger partial charge in [-0.1, -0.05) is 18.2 Å². The van der Waals surface area contributed by atoms with Gasteiger partial charge >= 0.3 is 0 Å². The molecule has 1 aromatic heterocycles. The lowest BCUT2D eigenvalue weighted by molar-refractivity contribution is -0.122. The number of fused-ring (bicyclic) bond motifs is 1. The Hall–Kier alpha value is -2.02. The molecular weight excluding hydrogens is 320 g/mol. The predicted molar refractivity (Wildman–Crippen MR) is 96.6 cm³/mol. The highest BCUT2D eigenvalue weighted by molar-refractivity contribution is 5.81. The maximum absolute atomic E-state index is 10.4. The van der Waals surface area contributed by atoms with Gasteiger partial charge in [0.15, 0.2) is 0 Å². The lowest BCUT2D eigenvalue weighted by Crippen LogP contribution is -2.26. The van der Waals surface area contributed by atoms with Crippen LogP contribution < -0.4 is 0 Å². The Labute approximate surface area is 148 Å². The van der Waals surface area contributed by atoms with Crippen molar-refractivity contribution in [3.63, 3.8) is 0 Å². The standard InChI is InChI=1S/C18H24N2O2.CH2O2/c1-2-22-10-9-20-12-15(18(21)13-20)11-14-7-8-19-17-6-4-3-5-16(14)17;2-1-3/h3-8,15,18,21H,2,9-13H2,1H3;1H,(H,2,3)/t15-,18+;/m1./s1. The van der Waals surface area contributed by atoms with Crippen LogP contribution in [0.15, 0.2) is 36.5 Å². The lowest BCUT2D eigenvalue weighted by Gasteiger charge is -2.16. The molecule has 1 aliphatic heterocycles. The van der Waals surface area contributed by atoms with Crippen molar-refractivity contribution in [2.75, 3.05) is 32.8 Å². The molecular formula is C19H26N2O4. The molecule has 2 aromatic rings. The Kier molecular flexibility index (Phi) is 7.78. The minimum atomic E-state index is -0.256. The third-order valence-corrected chi connectivity index (χ3v) is 4.46. The third-order valence-electron chi connectivity index (χ3n) is 4.46. The molecule has 0 saturated carbocycles. The van der Waals surface area contributed by atoms with E-state index in [2.05, 4.69) is 22.0 Å². The molecule has 2 N–H and O–H groups in total. The Morgan fingerprint density at radius 1 is 1.32 bits per heavy atom. The summed E-state index contributed by atoms with van der Waals surface area (Å²) in [7, 11) is 0. The Morgan fingerprint density at radius 2 is 2.08 bits per heavy atom. The number of benzene rings is 1. The van der Waals surface area contributed by atoms with Crippen LogP contribution in [0.25, 0.3) is 10.9 Å². The largest absolute Gasteiger partial charge is 0.483 e. The Morgan fingerprint density at radius 3 is 2.84 bits per heavy atom. The number of carboxylic acid groups (broad SMARTS) is 1. The number of aromatic nitrogens is 1. The Balaban J connectivity index is 0.000000701. The minimum absolute atomic E-state index is 0.250. The molecule has 2 atom stereocenters. The first-order valence-corrected chi connectivity index (χ1v) is 8.58. The number of para-hydroxylation sites is 1. The van der Waals surface area contributed by atoms with Crippen LogP contribution in [0.3, 0.4) is 0 Å². The first-order chi connectivity index (χ1) is 12.2. The summed E-state index contributed by atoms with van der Waals surface area (Å²) in [6.45, 7) is 5.84. The number of rotatable bonds is 6. The van der Waals surface area contributed by atoms with Crippen molar-refractivity contribution in [1.82, 2.24) is 9.88 Å². The monoisotopic (exact) mass is 346 g/mol. The van der Waals surface area contributed by atoms with Gasteiger partial charge in [-0.05, 0) is 31.0 Å². The van der Waals surface area contributed by atoms with E-state index in [0.717, 1.165) is 44.8 Å². The van der Waals surface area contributed by atoms with E-state index in [-0.39, 0.29) is 18.5 Å². The summed E-state index contributed by atoms with van der Waals surface area (Å²) in [5.41, 5.74) is 2.31. The lowest BCUT2D eigenvalue weighted by atomic mass is 9.94. The second-order valence-corrected chi connectivity index (χ2v) is 6.08. The molecule has 0 amide bonds. The number of pyridine rings is 1. The van der Waals surface area contributed by atoms with Crippen LogP contribution in [0.1, 0.15) is 12.5 Å². The summed E-state index contributed by atoms with van der Waals surface area (Å²) < 4.78 is 5.41. The molecule has 1 aromatic carbocycles. The average molecular weight is 346 g/mol. The van der Waals surface area contributed by atoms with Gasteiger partial charge in [-0.3, -0.25) is 14.7 Å². The van der Waals surface area contributed by atoms with Gasteiger partial charge in [0, 0.05) is 43.7 Å². The number of hydrogen-bond acceptors (Lipinski definition) is 5. The minimum Gasteiger partial charge on any atom is -0.483 e. The van der Waals surface area contributed by atoms with Gasteiger partial charge in [-0.25, -0.2) is 0 Å². The van der Waals surface area contributed by atoms with Gasteiger partial charge in [-0.15, -0.1) is 0 Å². The van der Waals surface area contributed by atoms with Crippen molar-refractivity contribution in [3.8, 4) is 0 Å². The van der Waals surface area contributed by atoms with Crippen molar-refractivity contribution >= 4 is 17.4 Å². The van der Waals surface area contributed by atoms with Gasteiger partial charge < -0.3 is 14.9 Å². The fraction of sp³-hybridized carbons (Fsp3) is 0.474. The number of hydrogen-bond donors (Lipinski definition) is 2. The molecule has 1 aliphatic rings. The number of likely N-dealkylation sites (tertiary alicyclic amines) is 1. The third kappa shape index (κ3) is 5.49. The van der Waals surface area contributed by atoms with Gasteiger partial charge in [0.05, 0.1) is 18.2 Å². The van der Waals surface area contributed by atoms with Crippen LogP contribution in [-0.4, -0.2) is 65.5 Å². The molecule has 1 saturated heterocycles. The van der Waals surface area contributed by atoms with Crippen LogP contribution in [0.4, 0.5) is 0 Å². The SMILES string of the molecule is CCOCCN1C[C@@H](Cc2ccnc3ccccc23)[C@@H](O)C1.O=CO. The zero-order chi connectivity index (χ0) is 18.1. The molecule has 6 heteroatoms. The maximum Gasteiger partial charge on any atom is 0.290 e. The number of carbonyl (C=O) groups is 1. The van der Waals surface area contributed by atoms with Gasteiger partial charge in [0.2, 0.25) is 0 Å². The summed E-state index contributed by atoms with van der Waals surface area (Å²) in [6.07, 6.45) is 2.51. The first-order valence-electron chi connectivity index (χ1n) is 8.58. The normalized spacial score (nSPS) is 20.2. The van der Waals surface area contributed by atoms with Crippen LogP contribution in [0.5, 0.6) is 0 Å². The maximum atomic E-state index is 10.4. The number of aliphatic hydroxyl groups excluding tert-OH is 1. The average Bonchev–Trinajstić information content (AvgIpc) is 2.96. The van der Waals surface area contributed by atoms with Crippen LogP contribution in [-0.2, 0) is 16.0 Å². The molecule has 136 valence electrons. The second kappa shape index (κ2) is 10.1. The molecule has 0 bridgehead atoms. The fourth-order valence-corrected chi connectivity index (χ4v) is 3.28. The summed E-state index contributed by atoms with van der Waals surface area (Å²) in [5, 5.41) is 18.4.